The van der Waals surface area contributed by atoms with Crippen molar-refractivity contribution < 1.29 is 19.1 Å². The van der Waals surface area contributed by atoms with Crippen molar-refractivity contribution in [1.82, 2.24) is 0 Å². The molecule has 0 aliphatic heterocycles. The Morgan fingerprint density at radius 3 is 2.42 bits per heavy atom. The summed E-state index contributed by atoms with van der Waals surface area (Å²) in [7, 11) is 0. The maximum absolute atomic E-state index is 12.3. The molecule has 1 aromatic rings. The molecule has 4 nitrogen and oxygen atoms in total. The minimum absolute atomic E-state index is 0.0141. The van der Waals surface area contributed by atoms with Crippen LogP contribution in [0.2, 0.25) is 0 Å². The van der Waals surface area contributed by atoms with E-state index in [0.717, 1.165) is 25.7 Å². The molecule has 0 saturated heterocycles. The third-order valence-electron chi connectivity index (χ3n) is 4.71. The zero-order chi connectivity index (χ0) is 17.5. The van der Waals surface area contributed by atoms with Crippen molar-refractivity contribution >= 4 is 11.9 Å². The highest BCUT2D eigenvalue weighted by atomic mass is 16.5. The quantitative estimate of drug-likeness (QED) is 0.575. The van der Waals surface area contributed by atoms with E-state index in [9.17, 15) is 9.59 Å². The number of esters is 2. The molecule has 24 heavy (non-hydrogen) atoms. The molecule has 1 fully saturated rings. The lowest BCUT2D eigenvalue weighted by Crippen LogP contribution is -2.24. The van der Waals surface area contributed by atoms with Gasteiger partial charge in [0.05, 0.1) is 12.3 Å². The Balaban J connectivity index is 1.99. The molecule has 0 bridgehead atoms. The molecule has 0 spiro atoms. The zero-order valence-electron chi connectivity index (χ0n) is 14.9. The van der Waals surface area contributed by atoms with Crippen LogP contribution in [-0.4, -0.2) is 18.0 Å². The molecule has 1 aliphatic carbocycles. The predicted molar refractivity (Wildman–Crippen MR) is 92.7 cm³/mol. The van der Waals surface area contributed by atoms with Gasteiger partial charge in [0.15, 0.2) is 0 Å². The molecule has 4 heteroatoms. The smallest absolute Gasteiger partial charge is 0.314 e. The van der Waals surface area contributed by atoms with Crippen LogP contribution in [0.15, 0.2) is 24.3 Å². The van der Waals surface area contributed by atoms with Crippen LogP contribution in [0.5, 0.6) is 5.75 Å². The molecule has 1 unspecified atom stereocenters. The van der Waals surface area contributed by atoms with Gasteiger partial charge >= 0.3 is 11.9 Å². The molecule has 1 aliphatic rings. The lowest BCUT2D eigenvalue weighted by atomic mass is 9.89. The second-order valence-electron chi connectivity index (χ2n) is 6.98. The van der Waals surface area contributed by atoms with Gasteiger partial charge in [0, 0.05) is 5.56 Å². The van der Waals surface area contributed by atoms with Crippen molar-refractivity contribution in [3.8, 4) is 5.75 Å². The largest absolute Gasteiger partial charge is 0.462 e. The summed E-state index contributed by atoms with van der Waals surface area (Å²) in [6, 6.07) is 7.21. The number of ether oxygens (including phenoxy) is 2. The van der Waals surface area contributed by atoms with Crippen LogP contribution in [0.25, 0.3) is 0 Å². The lowest BCUT2D eigenvalue weighted by molar-refractivity contribution is -0.149. The van der Waals surface area contributed by atoms with Gasteiger partial charge < -0.3 is 9.47 Å². The fourth-order valence-electron chi connectivity index (χ4n) is 2.82. The summed E-state index contributed by atoms with van der Waals surface area (Å²) in [6.45, 7) is 5.91. The van der Waals surface area contributed by atoms with Crippen LogP contribution in [0.4, 0.5) is 0 Å². The number of carbonyl (C=O) groups is 2. The number of carbonyl (C=O) groups excluding carboxylic acids is 2. The normalized spacial score (nSPS) is 16.7. The van der Waals surface area contributed by atoms with E-state index in [1.54, 1.807) is 6.07 Å². The van der Waals surface area contributed by atoms with Gasteiger partial charge in [0.1, 0.15) is 11.9 Å². The first-order chi connectivity index (χ1) is 11.5. The summed E-state index contributed by atoms with van der Waals surface area (Å²) < 4.78 is 11.0. The highest BCUT2D eigenvalue weighted by Crippen LogP contribution is 2.27. The third-order valence-corrected chi connectivity index (χ3v) is 4.71. The minimum Gasteiger partial charge on any atom is -0.462 e. The average molecular weight is 332 g/mol. The second-order valence-corrected chi connectivity index (χ2v) is 6.98. The van der Waals surface area contributed by atoms with Gasteiger partial charge in [-0.2, -0.15) is 0 Å². The molecule has 0 N–H and O–H groups in total. The van der Waals surface area contributed by atoms with E-state index < -0.39 is 0 Å². The van der Waals surface area contributed by atoms with Crippen molar-refractivity contribution in [2.75, 3.05) is 0 Å². The van der Waals surface area contributed by atoms with E-state index in [0.29, 0.717) is 11.3 Å². The van der Waals surface area contributed by atoms with Crippen LogP contribution in [0.3, 0.4) is 0 Å². The number of para-hydroxylation sites is 1. The lowest BCUT2D eigenvalue weighted by Gasteiger charge is -2.21. The first kappa shape index (κ1) is 18.5. The molecule has 0 aromatic heterocycles. The van der Waals surface area contributed by atoms with Gasteiger partial charge in [-0.15, -0.1) is 0 Å². The molecule has 132 valence electrons. The second kappa shape index (κ2) is 8.86. The van der Waals surface area contributed by atoms with Gasteiger partial charge in [0.2, 0.25) is 0 Å². The Morgan fingerprint density at radius 2 is 1.75 bits per heavy atom. The highest BCUT2D eigenvalue weighted by molar-refractivity contribution is 5.77. The molecule has 0 amide bonds. The van der Waals surface area contributed by atoms with E-state index in [2.05, 4.69) is 0 Å². The molecule has 1 aromatic carbocycles. The van der Waals surface area contributed by atoms with Crippen molar-refractivity contribution in [2.24, 2.45) is 11.8 Å². The Hall–Kier alpha value is -1.84. The summed E-state index contributed by atoms with van der Waals surface area (Å²) in [5, 5.41) is 0. The molecular formula is C20H28O4. The average Bonchev–Trinajstić information content (AvgIpc) is 2.57. The van der Waals surface area contributed by atoms with Gasteiger partial charge in [-0.25, -0.2) is 0 Å². The molecule has 0 radical (unpaired) electrons. The summed E-state index contributed by atoms with van der Waals surface area (Å²) in [6.07, 6.45) is 5.14. The van der Waals surface area contributed by atoms with E-state index in [1.165, 1.54) is 6.42 Å². The maximum Gasteiger partial charge on any atom is 0.314 e. The minimum atomic E-state index is -0.294. The van der Waals surface area contributed by atoms with Crippen molar-refractivity contribution in [3.05, 3.63) is 29.8 Å². The third kappa shape index (κ3) is 5.36. The fraction of sp³-hybridized carbons (Fsp3) is 0.600. The molecule has 2 rings (SSSR count). The number of benzene rings is 1. The zero-order valence-corrected chi connectivity index (χ0v) is 14.9. The number of hydrogen-bond donors (Lipinski definition) is 0. The molecule has 1 atom stereocenters. The summed E-state index contributed by atoms with van der Waals surface area (Å²) in [4.78, 5) is 24.4. The van der Waals surface area contributed by atoms with Crippen LogP contribution < -0.4 is 4.74 Å². The summed E-state index contributed by atoms with van der Waals surface area (Å²) >= 11 is 0. The maximum atomic E-state index is 12.3. The van der Waals surface area contributed by atoms with Crippen molar-refractivity contribution in [2.45, 2.75) is 65.4 Å². The first-order valence-corrected chi connectivity index (χ1v) is 8.96. The summed E-state index contributed by atoms with van der Waals surface area (Å²) in [5.41, 5.74) is 0.697. The Bertz CT molecular complexity index is 559. The topological polar surface area (TPSA) is 52.6 Å². The van der Waals surface area contributed by atoms with Gasteiger partial charge in [-0.1, -0.05) is 51.3 Å². The molecular weight excluding hydrogens is 304 g/mol. The van der Waals surface area contributed by atoms with Crippen LogP contribution in [0, 0.1) is 11.8 Å². The highest BCUT2D eigenvalue weighted by Gasteiger charge is 2.24. The molecule has 0 heterocycles. The van der Waals surface area contributed by atoms with Gasteiger partial charge in [-0.05, 0) is 31.7 Å². The van der Waals surface area contributed by atoms with E-state index in [-0.39, 0.29) is 36.3 Å². The summed E-state index contributed by atoms with van der Waals surface area (Å²) in [5.74, 6) is 0.263. The van der Waals surface area contributed by atoms with Crippen LogP contribution in [0.1, 0.15) is 58.4 Å². The first-order valence-electron chi connectivity index (χ1n) is 8.96. The van der Waals surface area contributed by atoms with E-state index in [4.69, 9.17) is 9.47 Å². The predicted octanol–water partition coefficient (Wildman–Crippen LogP) is 4.30. The van der Waals surface area contributed by atoms with E-state index in [1.807, 2.05) is 39.0 Å². The SMILES string of the molecule is CC(C)C(C)OC(=O)Cc1ccccc1OC(=O)C1CCCCC1. The van der Waals surface area contributed by atoms with Crippen molar-refractivity contribution in [3.63, 3.8) is 0 Å². The van der Waals surface area contributed by atoms with Crippen LogP contribution >= 0.6 is 0 Å². The Morgan fingerprint density at radius 1 is 1.08 bits per heavy atom. The van der Waals surface area contributed by atoms with E-state index >= 15 is 0 Å². The monoisotopic (exact) mass is 332 g/mol. The van der Waals surface area contributed by atoms with Crippen LogP contribution in [-0.2, 0) is 20.7 Å². The van der Waals surface area contributed by atoms with Crippen molar-refractivity contribution in [1.29, 1.82) is 0 Å². The Kier molecular flexibility index (Phi) is 6.83. The van der Waals surface area contributed by atoms with Gasteiger partial charge in [0.25, 0.3) is 0 Å². The molecule has 1 saturated carbocycles. The standard InChI is InChI=1S/C20H28O4/c1-14(2)15(3)23-19(21)13-17-11-7-8-12-18(17)24-20(22)16-9-5-4-6-10-16/h7-8,11-12,14-16H,4-6,9-10,13H2,1-3H3. The Labute approximate surface area is 144 Å². The number of hydrogen-bond acceptors (Lipinski definition) is 4. The van der Waals surface area contributed by atoms with Gasteiger partial charge in [-0.3, -0.25) is 9.59 Å². The fourth-order valence-corrected chi connectivity index (χ4v) is 2.82. The number of rotatable bonds is 6.